The summed E-state index contributed by atoms with van der Waals surface area (Å²) in [6, 6.07) is 6.41. The molecule has 146 valence electrons. The molecule has 0 radical (unpaired) electrons. The van der Waals surface area contributed by atoms with E-state index in [1.165, 1.54) is 23.5 Å². The van der Waals surface area contributed by atoms with Crippen LogP contribution in [0, 0.1) is 11.7 Å². The summed E-state index contributed by atoms with van der Waals surface area (Å²) in [6.07, 6.45) is 1.03. The third kappa shape index (κ3) is 7.19. The van der Waals surface area contributed by atoms with E-state index < -0.39 is 0 Å². The van der Waals surface area contributed by atoms with E-state index in [-0.39, 0.29) is 49.0 Å². The maximum absolute atomic E-state index is 13.3. The molecule has 1 atom stereocenters. The molecule has 0 aliphatic heterocycles. The molecule has 1 unspecified atom stereocenters. The van der Waals surface area contributed by atoms with E-state index in [1.54, 1.807) is 18.0 Å². The molecule has 1 amide bonds. The molecule has 1 heterocycles. The van der Waals surface area contributed by atoms with Crippen LogP contribution in [0.1, 0.15) is 26.0 Å². The summed E-state index contributed by atoms with van der Waals surface area (Å²) in [5.74, 6) is 0.129. The van der Waals surface area contributed by atoms with Crippen LogP contribution in [0.4, 0.5) is 4.39 Å². The standard InChI is InChI=1S/C18H24FN3OS.2ClH/c1-12(2)16(20)7-8-22(3)17(23)10-15-11-24-18(21-15)13-5-4-6-14(19)9-13;;/h4-6,9,11-12,16H,7-8,10,20H2,1-3H3;2*1H. The van der Waals surface area contributed by atoms with E-state index in [2.05, 4.69) is 18.8 Å². The molecule has 0 fully saturated rings. The van der Waals surface area contributed by atoms with Gasteiger partial charge >= 0.3 is 0 Å². The molecule has 0 aliphatic carbocycles. The van der Waals surface area contributed by atoms with E-state index in [0.29, 0.717) is 18.2 Å². The van der Waals surface area contributed by atoms with E-state index in [9.17, 15) is 9.18 Å². The predicted octanol–water partition coefficient (Wildman–Crippen LogP) is 4.17. The second-order valence-electron chi connectivity index (χ2n) is 6.34. The van der Waals surface area contributed by atoms with Crippen LogP contribution >= 0.6 is 36.2 Å². The van der Waals surface area contributed by atoms with Crippen molar-refractivity contribution in [1.82, 2.24) is 9.88 Å². The van der Waals surface area contributed by atoms with Crippen molar-refractivity contribution >= 4 is 42.1 Å². The van der Waals surface area contributed by atoms with Gasteiger partial charge in [-0.2, -0.15) is 0 Å². The average molecular weight is 422 g/mol. The quantitative estimate of drug-likeness (QED) is 0.729. The fraction of sp³-hybridized carbons (Fsp3) is 0.444. The number of nitrogens with two attached hydrogens (primary N) is 1. The molecular weight excluding hydrogens is 396 g/mol. The summed E-state index contributed by atoms with van der Waals surface area (Å²) >= 11 is 1.42. The van der Waals surface area contributed by atoms with Gasteiger partial charge in [0.25, 0.3) is 0 Å². The van der Waals surface area contributed by atoms with Gasteiger partial charge in [-0.05, 0) is 24.5 Å². The molecule has 2 rings (SSSR count). The molecule has 0 bridgehead atoms. The fourth-order valence-corrected chi connectivity index (χ4v) is 3.05. The van der Waals surface area contributed by atoms with Crippen molar-refractivity contribution in [3.05, 3.63) is 41.2 Å². The zero-order valence-electron chi connectivity index (χ0n) is 15.1. The van der Waals surface area contributed by atoms with Gasteiger partial charge in [0.15, 0.2) is 0 Å². The third-order valence-electron chi connectivity index (χ3n) is 4.04. The number of carbonyl (C=O) groups is 1. The summed E-state index contributed by atoms with van der Waals surface area (Å²) in [7, 11) is 1.79. The number of nitrogens with zero attached hydrogens (tertiary/aromatic N) is 2. The Hall–Kier alpha value is -1.21. The topological polar surface area (TPSA) is 59.2 Å². The Morgan fingerprint density at radius 3 is 2.65 bits per heavy atom. The Morgan fingerprint density at radius 1 is 1.35 bits per heavy atom. The molecule has 1 aromatic carbocycles. The summed E-state index contributed by atoms with van der Waals surface area (Å²) in [5, 5.41) is 2.58. The van der Waals surface area contributed by atoms with Crippen molar-refractivity contribution in [2.24, 2.45) is 11.7 Å². The van der Waals surface area contributed by atoms with Crippen LogP contribution in [0.5, 0.6) is 0 Å². The smallest absolute Gasteiger partial charge is 0.228 e. The van der Waals surface area contributed by atoms with Crippen molar-refractivity contribution in [3.63, 3.8) is 0 Å². The van der Waals surface area contributed by atoms with Crippen LogP contribution in [0.25, 0.3) is 10.6 Å². The number of rotatable bonds is 7. The molecule has 0 aliphatic rings. The summed E-state index contributed by atoms with van der Waals surface area (Å²) in [5.41, 5.74) is 7.46. The summed E-state index contributed by atoms with van der Waals surface area (Å²) < 4.78 is 13.3. The normalized spacial score (nSPS) is 11.5. The lowest BCUT2D eigenvalue weighted by atomic mass is 10.0. The Bertz CT molecular complexity index is 697. The fourth-order valence-electron chi connectivity index (χ4n) is 2.23. The number of likely N-dealkylation sites (N-methyl/N-ethyl adjacent to an activating group) is 1. The number of aromatic nitrogens is 1. The molecule has 1 aromatic heterocycles. The maximum Gasteiger partial charge on any atom is 0.228 e. The first kappa shape index (κ1) is 24.8. The third-order valence-corrected chi connectivity index (χ3v) is 4.98. The summed E-state index contributed by atoms with van der Waals surface area (Å²) in [4.78, 5) is 18.4. The van der Waals surface area contributed by atoms with Crippen molar-refractivity contribution in [3.8, 4) is 10.6 Å². The Kier molecular flexibility index (Phi) is 11.0. The highest BCUT2D eigenvalue weighted by Gasteiger charge is 2.15. The van der Waals surface area contributed by atoms with Gasteiger partial charge in [-0.3, -0.25) is 4.79 Å². The van der Waals surface area contributed by atoms with E-state index in [4.69, 9.17) is 5.73 Å². The van der Waals surface area contributed by atoms with Gasteiger partial charge in [-0.25, -0.2) is 9.37 Å². The van der Waals surface area contributed by atoms with Crippen molar-refractivity contribution < 1.29 is 9.18 Å². The van der Waals surface area contributed by atoms with Crippen LogP contribution in [0.2, 0.25) is 0 Å². The van der Waals surface area contributed by atoms with Crippen molar-refractivity contribution in [2.75, 3.05) is 13.6 Å². The zero-order chi connectivity index (χ0) is 17.7. The average Bonchev–Trinajstić information content (AvgIpc) is 3.00. The lowest BCUT2D eigenvalue weighted by molar-refractivity contribution is -0.129. The molecule has 0 spiro atoms. The van der Waals surface area contributed by atoms with E-state index in [1.807, 2.05) is 11.4 Å². The first-order chi connectivity index (χ1) is 11.4. The molecular formula is C18H26Cl2FN3OS. The SMILES string of the molecule is CC(C)C(N)CCN(C)C(=O)Cc1csc(-c2cccc(F)c2)n1.Cl.Cl. The highest BCUT2D eigenvalue weighted by Crippen LogP contribution is 2.24. The summed E-state index contributed by atoms with van der Waals surface area (Å²) in [6.45, 7) is 4.80. The Morgan fingerprint density at radius 2 is 2.04 bits per heavy atom. The van der Waals surface area contributed by atoms with E-state index in [0.717, 1.165) is 17.0 Å². The van der Waals surface area contributed by atoms with Crippen molar-refractivity contribution in [1.29, 1.82) is 0 Å². The molecule has 8 heteroatoms. The van der Waals surface area contributed by atoms with Crippen molar-refractivity contribution in [2.45, 2.75) is 32.7 Å². The van der Waals surface area contributed by atoms with Crippen LogP contribution in [0.3, 0.4) is 0 Å². The first-order valence-corrected chi connectivity index (χ1v) is 8.94. The van der Waals surface area contributed by atoms with Crippen LogP contribution in [0.15, 0.2) is 29.6 Å². The van der Waals surface area contributed by atoms with Crippen LogP contribution in [-0.4, -0.2) is 35.4 Å². The Balaban J connectivity index is 0.00000312. The van der Waals surface area contributed by atoms with Gasteiger partial charge in [0.05, 0.1) is 12.1 Å². The largest absolute Gasteiger partial charge is 0.345 e. The second kappa shape index (κ2) is 11.5. The first-order valence-electron chi connectivity index (χ1n) is 8.06. The minimum absolute atomic E-state index is 0. The number of amides is 1. The van der Waals surface area contributed by atoms with Gasteiger partial charge < -0.3 is 10.6 Å². The number of halogens is 3. The Labute approximate surface area is 170 Å². The molecule has 4 nitrogen and oxygen atoms in total. The van der Waals surface area contributed by atoms with Gasteiger partial charge in [0.1, 0.15) is 10.8 Å². The minimum atomic E-state index is -0.290. The van der Waals surface area contributed by atoms with E-state index >= 15 is 0 Å². The highest BCUT2D eigenvalue weighted by molar-refractivity contribution is 7.13. The molecule has 2 N–H and O–H groups in total. The highest BCUT2D eigenvalue weighted by atomic mass is 35.5. The molecule has 2 aromatic rings. The van der Waals surface area contributed by atoms with Gasteiger partial charge in [0, 0.05) is 30.6 Å². The zero-order valence-corrected chi connectivity index (χ0v) is 17.6. The van der Waals surface area contributed by atoms with Crippen LogP contribution in [-0.2, 0) is 11.2 Å². The lowest BCUT2D eigenvalue weighted by Gasteiger charge is -2.21. The maximum atomic E-state index is 13.3. The minimum Gasteiger partial charge on any atom is -0.345 e. The number of thiazole rings is 1. The number of carbonyl (C=O) groups excluding carboxylic acids is 1. The van der Waals surface area contributed by atoms with Gasteiger partial charge in [0.2, 0.25) is 5.91 Å². The number of benzene rings is 1. The van der Waals surface area contributed by atoms with Gasteiger partial charge in [-0.1, -0.05) is 26.0 Å². The predicted molar refractivity (Wildman–Crippen MR) is 111 cm³/mol. The number of hydrogen-bond donors (Lipinski definition) is 1. The molecule has 0 saturated heterocycles. The monoisotopic (exact) mass is 421 g/mol. The molecule has 0 saturated carbocycles. The molecule has 26 heavy (non-hydrogen) atoms. The second-order valence-corrected chi connectivity index (χ2v) is 7.20. The lowest BCUT2D eigenvalue weighted by Crippen LogP contribution is -2.35. The number of hydrogen-bond acceptors (Lipinski definition) is 4. The van der Waals surface area contributed by atoms with Crippen LogP contribution < -0.4 is 5.73 Å². The van der Waals surface area contributed by atoms with Gasteiger partial charge in [-0.15, -0.1) is 36.2 Å².